The molecule has 196 valence electrons. The monoisotopic (exact) mass is 566 g/mol. The van der Waals surface area contributed by atoms with Crippen molar-refractivity contribution in [2.24, 2.45) is 7.05 Å². The molecule has 4 heterocycles. The summed E-state index contributed by atoms with van der Waals surface area (Å²) in [5, 5.41) is 8.59. The van der Waals surface area contributed by atoms with Crippen LogP contribution >= 0.6 is 34.5 Å². The van der Waals surface area contributed by atoms with Gasteiger partial charge in [0.05, 0.1) is 43.7 Å². The molecule has 7 nitrogen and oxygen atoms in total. The Labute approximate surface area is 235 Å². The van der Waals surface area contributed by atoms with Crippen LogP contribution in [-0.2, 0) is 19.0 Å². The van der Waals surface area contributed by atoms with E-state index in [4.69, 9.17) is 28.2 Å². The number of amides is 2. The molecule has 38 heavy (non-hydrogen) atoms. The van der Waals surface area contributed by atoms with Gasteiger partial charge < -0.3 is 5.32 Å². The summed E-state index contributed by atoms with van der Waals surface area (Å²) in [5.41, 5.74) is 6.94. The minimum atomic E-state index is -0.102. The number of anilines is 1. The van der Waals surface area contributed by atoms with Crippen LogP contribution in [0.25, 0.3) is 16.3 Å². The fraction of sp³-hybridized carbons (Fsp3) is 0.321. The highest BCUT2D eigenvalue weighted by molar-refractivity contribution is 7.16. The normalized spacial score (nSPS) is 17.1. The number of carbonyl (C=O) groups is 1. The van der Waals surface area contributed by atoms with Crippen LogP contribution in [0.1, 0.15) is 29.7 Å². The number of thiazole rings is 1. The highest BCUT2D eigenvalue weighted by atomic mass is 35.5. The van der Waals surface area contributed by atoms with Gasteiger partial charge in [0.2, 0.25) is 0 Å². The van der Waals surface area contributed by atoms with Gasteiger partial charge in [0, 0.05) is 37.3 Å². The number of nitrogens with one attached hydrogen (secondary N) is 1. The lowest BCUT2D eigenvalue weighted by molar-refractivity contribution is 0.180. The lowest BCUT2D eigenvalue weighted by atomic mass is 9.74. The fourth-order valence-corrected chi connectivity index (χ4v) is 6.65. The summed E-state index contributed by atoms with van der Waals surface area (Å²) in [5.74, 6) is 0. The van der Waals surface area contributed by atoms with Gasteiger partial charge in [-0.05, 0) is 61.8 Å². The molecule has 0 radical (unpaired) electrons. The van der Waals surface area contributed by atoms with E-state index in [0.717, 1.165) is 54.9 Å². The van der Waals surface area contributed by atoms with Gasteiger partial charge in [0.25, 0.3) is 0 Å². The number of aryl methyl sites for hydroxylation is 1. The maximum absolute atomic E-state index is 13.4. The maximum Gasteiger partial charge on any atom is 0.322 e. The highest BCUT2D eigenvalue weighted by Gasteiger charge is 2.47. The summed E-state index contributed by atoms with van der Waals surface area (Å²) in [6.07, 6.45) is 8.09. The highest BCUT2D eigenvalue weighted by Crippen LogP contribution is 2.50. The molecule has 0 unspecified atom stereocenters. The number of carbonyl (C=O) groups excluding carboxylic acids is 1. The van der Waals surface area contributed by atoms with Crippen molar-refractivity contribution in [2.45, 2.75) is 24.8 Å². The molecule has 0 saturated carbocycles. The number of fused-ring (bicyclic) bond motifs is 4. The van der Waals surface area contributed by atoms with E-state index in [9.17, 15) is 4.79 Å². The second-order valence-electron chi connectivity index (χ2n) is 10.0. The van der Waals surface area contributed by atoms with Crippen molar-refractivity contribution in [3.63, 3.8) is 0 Å². The number of rotatable bonds is 5. The first-order valence-electron chi connectivity index (χ1n) is 12.7. The van der Waals surface area contributed by atoms with E-state index in [0.29, 0.717) is 23.1 Å². The molecule has 10 heteroatoms. The molecule has 2 aromatic heterocycles. The molecule has 1 N–H and O–H groups in total. The summed E-state index contributed by atoms with van der Waals surface area (Å²) >= 11 is 13.8. The molecule has 0 bridgehead atoms. The molecular formula is C28H28Cl2N6OS. The van der Waals surface area contributed by atoms with E-state index < -0.39 is 0 Å². The quantitative estimate of drug-likeness (QED) is 0.316. The zero-order valence-electron chi connectivity index (χ0n) is 21.0. The Morgan fingerprint density at radius 3 is 2.76 bits per heavy atom. The van der Waals surface area contributed by atoms with Crippen molar-refractivity contribution in [1.29, 1.82) is 0 Å². The SMILES string of the molecule is Cn1ccc(CNC(=O)N2CC3(CCN(CC=Cc4ccc(Cl)c(Cl)c4)CC3)c3c2ccc2scnc32)n1. The van der Waals surface area contributed by atoms with E-state index >= 15 is 0 Å². The Kier molecular flexibility index (Phi) is 6.90. The number of piperidine rings is 1. The molecule has 1 fully saturated rings. The summed E-state index contributed by atoms with van der Waals surface area (Å²) in [4.78, 5) is 22.5. The lowest BCUT2D eigenvalue weighted by Crippen LogP contribution is -2.47. The molecule has 1 spiro atoms. The van der Waals surface area contributed by atoms with E-state index in [-0.39, 0.29) is 11.4 Å². The van der Waals surface area contributed by atoms with Gasteiger partial charge in [0.1, 0.15) is 0 Å². The number of urea groups is 1. The molecule has 1 saturated heterocycles. The van der Waals surface area contributed by atoms with Crippen LogP contribution in [0.5, 0.6) is 0 Å². The Morgan fingerprint density at radius 1 is 1.16 bits per heavy atom. The Morgan fingerprint density at radius 2 is 2.00 bits per heavy atom. The van der Waals surface area contributed by atoms with Crippen molar-refractivity contribution in [3.8, 4) is 0 Å². The van der Waals surface area contributed by atoms with Crippen LogP contribution in [-0.4, -0.2) is 51.9 Å². The molecule has 4 aromatic rings. The summed E-state index contributed by atoms with van der Waals surface area (Å²) < 4.78 is 2.92. The number of halogens is 2. The van der Waals surface area contributed by atoms with Crippen LogP contribution in [0.2, 0.25) is 10.0 Å². The van der Waals surface area contributed by atoms with Crippen molar-refractivity contribution < 1.29 is 4.79 Å². The van der Waals surface area contributed by atoms with Gasteiger partial charge in [-0.15, -0.1) is 11.3 Å². The third kappa shape index (κ3) is 4.82. The minimum Gasteiger partial charge on any atom is -0.332 e. The smallest absolute Gasteiger partial charge is 0.322 e. The van der Waals surface area contributed by atoms with Gasteiger partial charge in [-0.25, -0.2) is 9.78 Å². The Balaban J connectivity index is 1.18. The molecule has 6 rings (SSSR count). The number of nitrogens with zero attached hydrogens (tertiary/aromatic N) is 5. The first kappa shape index (κ1) is 25.4. The predicted molar refractivity (Wildman–Crippen MR) is 155 cm³/mol. The molecule has 2 aliphatic rings. The van der Waals surface area contributed by atoms with Crippen LogP contribution in [0.3, 0.4) is 0 Å². The average molecular weight is 568 g/mol. The van der Waals surface area contributed by atoms with Gasteiger partial charge in [0.15, 0.2) is 0 Å². The topological polar surface area (TPSA) is 66.3 Å². The van der Waals surface area contributed by atoms with Crippen LogP contribution in [0.15, 0.2) is 54.2 Å². The molecule has 0 aliphatic carbocycles. The number of likely N-dealkylation sites (tertiary alicyclic amines) is 1. The minimum absolute atomic E-state index is 0.0876. The third-order valence-corrected chi connectivity index (χ3v) is 9.16. The zero-order chi connectivity index (χ0) is 26.3. The van der Waals surface area contributed by atoms with E-state index in [1.54, 1.807) is 16.0 Å². The zero-order valence-corrected chi connectivity index (χ0v) is 23.4. The first-order valence-corrected chi connectivity index (χ1v) is 14.3. The number of hydrogen-bond acceptors (Lipinski definition) is 5. The largest absolute Gasteiger partial charge is 0.332 e. The average Bonchev–Trinajstić information content (AvgIpc) is 3.63. The third-order valence-electron chi connectivity index (χ3n) is 7.63. The molecular weight excluding hydrogens is 539 g/mol. The van der Waals surface area contributed by atoms with Crippen LogP contribution in [0, 0.1) is 0 Å². The van der Waals surface area contributed by atoms with E-state index in [1.807, 2.05) is 47.9 Å². The van der Waals surface area contributed by atoms with E-state index in [2.05, 4.69) is 39.6 Å². The van der Waals surface area contributed by atoms with Gasteiger partial charge >= 0.3 is 6.03 Å². The van der Waals surface area contributed by atoms with Crippen molar-refractivity contribution >= 4 is 62.5 Å². The van der Waals surface area contributed by atoms with Crippen molar-refractivity contribution in [2.75, 3.05) is 31.1 Å². The van der Waals surface area contributed by atoms with Gasteiger partial charge in [-0.1, -0.05) is 41.4 Å². The number of benzene rings is 2. The number of hydrogen-bond donors (Lipinski definition) is 1. The van der Waals surface area contributed by atoms with Crippen LogP contribution < -0.4 is 10.2 Å². The van der Waals surface area contributed by atoms with E-state index in [1.165, 1.54) is 10.3 Å². The van der Waals surface area contributed by atoms with Crippen molar-refractivity contribution in [1.82, 2.24) is 25.0 Å². The fourth-order valence-electron chi connectivity index (χ4n) is 5.66. The first-order chi connectivity index (χ1) is 18.4. The molecule has 2 amide bonds. The van der Waals surface area contributed by atoms with Crippen molar-refractivity contribution in [3.05, 3.63) is 81.0 Å². The second-order valence-corrected chi connectivity index (χ2v) is 11.7. The Bertz CT molecular complexity index is 1520. The number of aromatic nitrogens is 3. The summed E-state index contributed by atoms with van der Waals surface area (Å²) in [7, 11) is 1.88. The molecule has 2 aromatic carbocycles. The second kappa shape index (κ2) is 10.3. The molecule has 0 atom stereocenters. The maximum atomic E-state index is 13.4. The Hall–Kier alpha value is -2.91. The summed E-state index contributed by atoms with van der Waals surface area (Å²) in [6, 6.07) is 11.7. The van der Waals surface area contributed by atoms with Gasteiger partial charge in [-0.2, -0.15) is 5.10 Å². The lowest BCUT2D eigenvalue weighted by Gasteiger charge is -2.39. The predicted octanol–water partition coefficient (Wildman–Crippen LogP) is 6.11. The standard InChI is InChI=1S/C28H28Cl2N6OS/c1-34-12-8-20(33-34)16-31-27(37)36-17-28(25-23(36)6-7-24-26(25)32-18-38-24)9-13-35(14-10-28)11-2-3-19-4-5-21(29)22(30)15-19/h2-8,12,15,18H,9-11,13-14,16-17H2,1H3,(H,31,37). The van der Waals surface area contributed by atoms with Crippen LogP contribution in [0.4, 0.5) is 10.5 Å². The summed E-state index contributed by atoms with van der Waals surface area (Å²) in [6.45, 7) is 3.83. The van der Waals surface area contributed by atoms with Gasteiger partial charge in [-0.3, -0.25) is 14.5 Å². The molecule has 2 aliphatic heterocycles.